The molecule has 0 aliphatic carbocycles. The Bertz CT molecular complexity index is 1140. The molecule has 2 aromatic rings. The lowest BCUT2D eigenvalue weighted by Gasteiger charge is -2.36. The average Bonchev–Trinajstić information content (AvgIpc) is 2.74. The lowest BCUT2D eigenvalue weighted by atomic mass is 10.1. The van der Waals surface area contributed by atoms with Crippen molar-refractivity contribution in [1.82, 2.24) is 4.90 Å². The van der Waals surface area contributed by atoms with Crippen LogP contribution in [0.15, 0.2) is 47.4 Å². The number of benzene rings is 2. The number of piperazine rings is 1. The lowest BCUT2D eigenvalue weighted by Crippen LogP contribution is -2.49. The second-order valence-electron chi connectivity index (χ2n) is 7.33. The second kappa shape index (κ2) is 8.77. The van der Waals surface area contributed by atoms with E-state index < -0.39 is 30.9 Å². The van der Waals surface area contributed by atoms with Crippen molar-refractivity contribution in [2.24, 2.45) is 0 Å². The SMILES string of the molecule is Cc1ccccc1CC(=O)N1CCN(c2ccc(S(=O)(=O)C(F)(F)F)cc2[N+](=O)[O-])CC1. The summed E-state index contributed by atoms with van der Waals surface area (Å²) in [6.07, 6.45) is 0.219. The monoisotopic (exact) mass is 471 g/mol. The zero-order chi connectivity index (χ0) is 23.7. The van der Waals surface area contributed by atoms with Gasteiger partial charge >= 0.3 is 5.51 Å². The third kappa shape index (κ3) is 4.69. The normalized spacial score (nSPS) is 15.0. The van der Waals surface area contributed by atoms with Gasteiger partial charge in [0, 0.05) is 32.2 Å². The largest absolute Gasteiger partial charge is 0.501 e. The number of nitrogens with zero attached hydrogens (tertiary/aromatic N) is 3. The van der Waals surface area contributed by atoms with Crippen LogP contribution in [0, 0.1) is 17.0 Å². The maximum absolute atomic E-state index is 12.8. The number of rotatable bonds is 5. The fourth-order valence-electron chi connectivity index (χ4n) is 3.50. The molecule has 3 rings (SSSR count). The Hall–Kier alpha value is -3.15. The number of carbonyl (C=O) groups excluding carboxylic acids is 1. The molecule has 0 atom stereocenters. The van der Waals surface area contributed by atoms with E-state index in [1.165, 1.54) is 0 Å². The zero-order valence-electron chi connectivity index (χ0n) is 17.0. The summed E-state index contributed by atoms with van der Waals surface area (Å²) in [7, 11) is -5.71. The Balaban J connectivity index is 1.75. The van der Waals surface area contributed by atoms with Crippen molar-refractivity contribution in [2.75, 3.05) is 31.1 Å². The Morgan fingerprint density at radius 1 is 1.09 bits per heavy atom. The maximum atomic E-state index is 12.8. The van der Waals surface area contributed by atoms with Crippen molar-refractivity contribution in [2.45, 2.75) is 23.7 Å². The van der Waals surface area contributed by atoms with Crippen LogP contribution in [-0.2, 0) is 21.1 Å². The second-order valence-corrected chi connectivity index (χ2v) is 9.27. The van der Waals surface area contributed by atoms with Crippen LogP contribution in [0.5, 0.6) is 0 Å². The molecule has 12 heteroatoms. The molecule has 1 heterocycles. The van der Waals surface area contributed by atoms with Crippen LogP contribution in [0.3, 0.4) is 0 Å². The van der Waals surface area contributed by atoms with Gasteiger partial charge in [-0.3, -0.25) is 14.9 Å². The van der Waals surface area contributed by atoms with E-state index in [2.05, 4.69) is 0 Å². The van der Waals surface area contributed by atoms with Gasteiger partial charge in [0.1, 0.15) is 5.69 Å². The van der Waals surface area contributed by atoms with Gasteiger partial charge in [0.25, 0.3) is 15.5 Å². The van der Waals surface area contributed by atoms with Gasteiger partial charge in [-0.2, -0.15) is 13.2 Å². The summed E-state index contributed by atoms with van der Waals surface area (Å²) >= 11 is 0. The maximum Gasteiger partial charge on any atom is 0.501 e. The molecule has 1 saturated heterocycles. The lowest BCUT2D eigenvalue weighted by molar-refractivity contribution is -0.384. The summed E-state index contributed by atoms with van der Waals surface area (Å²) in [5, 5.41) is 11.4. The first-order valence-electron chi connectivity index (χ1n) is 9.59. The number of anilines is 1. The predicted octanol–water partition coefficient (Wildman–Crippen LogP) is 3.09. The average molecular weight is 471 g/mol. The van der Waals surface area contributed by atoms with E-state index in [0.717, 1.165) is 17.2 Å². The highest BCUT2D eigenvalue weighted by Gasteiger charge is 2.47. The van der Waals surface area contributed by atoms with Crippen molar-refractivity contribution in [3.05, 3.63) is 63.7 Å². The number of hydrogen-bond donors (Lipinski definition) is 0. The van der Waals surface area contributed by atoms with Crippen molar-refractivity contribution < 1.29 is 31.3 Å². The number of hydrogen-bond acceptors (Lipinski definition) is 6. The first kappa shape index (κ1) is 23.5. The number of halogens is 3. The fourth-order valence-corrected chi connectivity index (χ4v) is 4.28. The summed E-state index contributed by atoms with van der Waals surface area (Å²) in [6.45, 7) is 2.87. The number of carbonyl (C=O) groups is 1. The molecular formula is C20H20F3N3O5S. The Labute approximate surface area is 182 Å². The van der Waals surface area contributed by atoms with Crippen molar-refractivity contribution in [1.29, 1.82) is 0 Å². The van der Waals surface area contributed by atoms with Gasteiger partial charge < -0.3 is 9.80 Å². The molecule has 1 aliphatic heterocycles. The van der Waals surface area contributed by atoms with Crippen molar-refractivity contribution in [3.8, 4) is 0 Å². The first-order valence-corrected chi connectivity index (χ1v) is 11.1. The van der Waals surface area contributed by atoms with E-state index in [1.807, 2.05) is 31.2 Å². The van der Waals surface area contributed by atoms with Crippen LogP contribution in [0.4, 0.5) is 24.5 Å². The molecule has 0 N–H and O–H groups in total. The van der Waals surface area contributed by atoms with Gasteiger partial charge in [-0.05, 0) is 30.2 Å². The summed E-state index contributed by atoms with van der Waals surface area (Å²) in [6, 6.07) is 9.62. The standard InChI is InChI=1S/C20H20F3N3O5S/c1-14-4-2-3-5-15(14)12-19(27)25-10-8-24(9-11-25)17-7-6-16(13-18(17)26(28)29)32(30,31)20(21,22)23/h2-7,13H,8-12H2,1H3. The minimum absolute atomic E-state index is 0.00197. The van der Waals surface area contributed by atoms with Crippen LogP contribution < -0.4 is 4.90 Å². The highest BCUT2D eigenvalue weighted by atomic mass is 32.2. The molecule has 8 nitrogen and oxygen atoms in total. The smallest absolute Gasteiger partial charge is 0.362 e. The summed E-state index contributed by atoms with van der Waals surface area (Å²) < 4.78 is 61.6. The molecule has 0 radical (unpaired) electrons. The molecule has 1 aliphatic rings. The number of sulfone groups is 1. The van der Waals surface area contributed by atoms with Crippen LogP contribution in [0.25, 0.3) is 0 Å². The molecule has 0 bridgehead atoms. The summed E-state index contributed by atoms with van der Waals surface area (Å²) in [4.78, 5) is 25.1. The third-order valence-corrected chi connectivity index (χ3v) is 6.82. The van der Waals surface area contributed by atoms with E-state index in [-0.39, 0.29) is 44.2 Å². The quantitative estimate of drug-likeness (QED) is 0.491. The minimum atomic E-state index is -5.71. The molecule has 0 spiro atoms. The van der Waals surface area contributed by atoms with Gasteiger partial charge in [0.05, 0.1) is 16.2 Å². The van der Waals surface area contributed by atoms with Gasteiger partial charge in [0.15, 0.2) is 0 Å². The van der Waals surface area contributed by atoms with E-state index in [1.54, 1.807) is 9.80 Å². The molecule has 32 heavy (non-hydrogen) atoms. The van der Waals surface area contributed by atoms with E-state index >= 15 is 0 Å². The van der Waals surface area contributed by atoms with Crippen LogP contribution in [0.1, 0.15) is 11.1 Å². The predicted molar refractivity (Wildman–Crippen MR) is 110 cm³/mol. The topological polar surface area (TPSA) is 101 Å². The number of nitro groups is 1. The molecule has 2 aromatic carbocycles. The highest BCUT2D eigenvalue weighted by molar-refractivity contribution is 7.92. The number of nitro benzene ring substituents is 1. The fraction of sp³-hybridized carbons (Fsp3) is 0.350. The molecular weight excluding hydrogens is 451 g/mol. The van der Waals surface area contributed by atoms with Crippen molar-refractivity contribution in [3.63, 3.8) is 0 Å². The van der Waals surface area contributed by atoms with Crippen LogP contribution in [-0.4, -0.2) is 55.8 Å². The van der Waals surface area contributed by atoms with Gasteiger partial charge in [-0.1, -0.05) is 24.3 Å². The minimum Gasteiger partial charge on any atom is -0.362 e. The third-order valence-electron chi connectivity index (χ3n) is 5.33. The molecule has 0 aromatic heterocycles. The van der Waals surface area contributed by atoms with Crippen molar-refractivity contribution >= 4 is 27.1 Å². The van der Waals surface area contributed by atoms with E-state index in [0.29, 0.717) is 12.1 Å². The molecule has 0 unspecified atom stereocenters. The summed E-state index contributed by atoms with van der Waals surface area (Å²) in [5.74, 6) is -0.0972. The van der Waals surface area contributed by atoms with E-state index in [4.69, 9.17) is 0 Å². The van der Waals surface area contributed by atoms with E-state index in [9.17, 15) is 36.5 Å². The Morgan fingerprint density at radius 3 is 2.28 bits per heavy atom. The van der Waals surface area contributed by atoms with Crippen LogP contribution in [0.2, 0.25) is 0 Å². The summed E-state index contributed by atoms with van der Waals surface area (Å²) in [5.41, 5.74) is -4.41. The van der Waals surface area contributed by atoms with Crippen LogP contribution >= 0.6 is 0 Å². The van der Waals surface area contributed by atoms with Gasteiger partial charge in [-0.25, -0.2) is 8.42 Å². The molecule has 1 fully saturated rings. The highest BCUT2D eigenvalue weighted by Crippen LogP contribution is 2.36. The number of aryl methyl sites for hydroxylation is 1. The number of amides is 1. The Morgan fingerprint density at radius 2 is 1.72 bits per heavy atom. The molecule has 172 valence electrons. The van der Waals surface area contributed by atoms with Gasteiger partial charge in [0.2, 0.25) is 5.91 Å². The zero-order valence-corrected chi connectivity index (χ0v) is 17.8. The number of alkyl halides is 3. The first-order chi connectivity index (χ1) is 14.9. The Kier molecular flexibility index (Phi) is 6.44. The van der Waals surface area contributed by atoms with Gasteiger partial charge in [-0.15, -0.1) is 0 Å². The molecule has 1 amide bonds. The molecule has 0 saturated carbocycles.